The second-order valence-electron chi connectivity index (χ2n) is 3.18. The normalized spacial score (nSPS) is 10.1. The third-order valence-electron chi connectivity index (χ3n) is 2.03. The first-order valence-electron chi connectivity index (χ1n) is 4.70. The molecule has 0 aliphatic heterocycles. The molecule has 2 aromatic rings. The van der Waals surface area contributed by atoms with Crippen molar-refractivity contribution in [3.63, 3.8) is 0 Å². The van der Waals surface area contributed by atoms with E-state index in [2.05, 4.69) is 0 Å². The summed E-state index contributed by atoms with van der Waals surface area (Å²) < 4.78 is 6.30. The maximum atomic E-state index is 10.4. The molecule has 0 bridgehead atoms. The van der Waals surface area contributed by atoms with Gasteiger partial charge >= 0.3 is 0 Å². The summed E-state index contributed by atoms with van der Waals surface area (Å²) in [4.78, 5) is 11.5. The maximum absolute atomic E-state index is 10.4. The summed E-state index contributed by atoms with van der Waals surface area (Å²) in [5.41, 5.74) is 0.645. The van der Waals surface area contributed by atoms with E-state index in [0.29, 0.717) is 12.2 Å². The zero-order valence-electron chi connectivity index (χ0n) is 8.35. The number of thiophene rings is 1. The predicted molar refractivity (Wildman–Crippen MR) is 65.5 cm³/mol. The summed E-state index contributed by atoms with van der Waals surface area (Å²) >= 11 is 7.30. The van der Waals surface area contributed by atoms with Crippen LogP contribution in [0, 0.1) is 0 Å². The van der Waals surface area contributed by atoms with Crippen molar-refractivity contribution in [3.05, 3.63) is 51.2 Å². The summed E-state index contributed by atoms with van der Waals surface area (Å²) in [7, 11) is 0. The van der Waals surface area contributed by atoms with Crippen LogP contribution in [0.3, 0.4) is 0 Å². The summed E-state index contributed by atoms with van der Waals surface area (Å²) in [5.74, 6) is 0.745. The summed E-state index contributed by atoms with van der Waals surface area (Å²) in [5, 5.41) is 0. The lowest BCUT2D eigenvalue weighted by atomic mass is 10.2. The first kappa shape index (κ1) is 11.2. The molecule has 4 heteroatoms. The zero-order chi connectivity index (χ0) is 11.4. The molecule has 1 aromatic carbocycles. The van der Waals surface area contributed by atoms with E-state index >= 15 is 0 Å². The van der Waals surface area contributed by atoms with Crippen LogP contribution in [-0.4, -0.2) is 6.29 Å². The van der Waals surface area contributed by atoms with Gasteiger partial charge < -0.3 is 4.74 Å². The monoisotopic (exact) mass is 252 g/mol. The number of rotatable bonds is 4. The molecule has 0 fully saturated rings. The van der Waals surface area contributed by atoms with Gasteiger partial charge in [-0.2, -0.15) is 0 Å². The maximum Gasteiger partial charge on any atom is 0.150 e. The molecular formula is C12H9ClO2S. The van der Waals surface area contributed by atoms with E-state index in [4.69, 9.17) is 16.3 Å². The second-order valence-corrected chi connectivity index (χ2v) is 4.98. The predicted octanol–water partition coefficient (Wildman–Crippen LogP) is 3.79. The van der Waals surface area contributed by atoms with Crippen molar-refractivity contribution in [2.24, 2.45) is 0 Å². The fourth-order valence-corrected chi connectivity index (χ4v) is 2.23. The van der Waals surface area contributed by atoms with Crippen LogP contribution < -0.4 is 4.74 Å². The Labute approximate surface area is 102 Å². The highest BCUT2D eigenvalue weighted by Crippen LogP contribution is 2.23. The highest BCUT2D eigenvalue weighted by molar-refractivity contribution is 7.16. The average Bonchev–Trinajstić information content (AvgIpc) is 2.73. The lowest BCUT2D eigenvalue weighted by molar-refractivity contribution is 0.112. The molecule has 16 heavy (non-hydrogen) atoms. The molecule has 2 rings (SSSR count). The van der Waals surface area contributed by atoms with Crippen LogP contribution in [0.25, 0.3) is 0 Å². The molecule has 0 radical (unpaired) electrons. The third kappa shape index (κ3) is 2.84. The summed E-state index contributed by atoms with van der Waals surface area (Å²) in [6.07, 6.45) is 0.808. The van der Waals surface area contributed by atoms with Gasteiger partial charge in [-0.25, -0.2) is 0 Å². The highest BCUT2D eigenvalue weighted by atomic mass is 35.5. The van der Waals surface area contributed by atoms with Crippen LogP contribution in [0.5, 0.6) is 5.75 Å². The second kappa shape index (κ2) is 5.14. The van der Waals surface area contributed by atoms with Crippen molar-refractivity contribution in [1.82, 2.24) is 0 Å². The first-order chi connectivity index (χ1) is 7.78. The Balaban J connectivity index is 1.96. The molecular weight excluding hydrogens is 244 g/mol. The molecule has 0 amide bonds. The van der Waals surface area contributed by atoms with E-state index in [1.54, 1.807) is 24.3 Å². The van der Waals surface area contributed by atoms with Gasteiger partial charge in [-0.1, -0.05) is 11.6 Å². The fourth-order valence-electron chi connectivity index (χ4n) is 1.23. The van der Waals surface area contributed by atoms with Gasteiger partial charge in [0.1, 0.15) is 18.6 Å². The molecule has 2 nitrogen and oxygen atoms in total. The van der Waals surface area contributed by atoms with E-state index < -0.39 is 0 Å². The number of halogens is 1. The smallest absolute Gasteiger partial charge is 0.150 e. The van der Waals surface area contributed by atoms with Gasteiger partial charge in [-0.05, 0) is 36.4 Å². The molecule has 0 aliphatic rings. The minimum atomic E-state index is 0.498. The van der Waals surface area contributed by atoms with Crippen LogP contribution in [0.15, 0.2) is 36.4 Å². The van der Waals surface area contributed by atoms with Crippen molar-refractivity contribution >= 4 is 29.2 Å². The van der Waals surface area contributed by atoms with E-state index in [0.717, 1.165) is 21.2 Å². The molecule has 1 heterocycles. The van der Waals surface area contributed by atoms with Gasteiger partial charge in [0, 0.05) is 10.4 Å². The molecule has 0 unspecified atom stereocenters. The van der Waals surface area contributed by atoms with E-state index in [-0.39, 0.29) is 0 Å². The molecule has 82 valence electrons. The number of carbonyl (C=O) groups excluding carboxylic acids is 1. The van der Waals surface area contributed by atoms with Crippen molar-refractivity contribution in [3.8, 4) is 5.75 Å². The van der Waals surface area contributed by atoms with Gasteiger partial charge in [-0.3, -0.25) is 4.79 Å². The Bertz CT molecular complexity index is 476. The van der Waals surface area contributed by atoms with Gasteiger partial charge in [0.15, 0.2) is 0 Å². The lowest BCUT2D eigenvalue weighted by Crippen LogP contribution is -1.92. The average molecular weight is 253 g/mol. The SMILES string of the molecule is O=Cc1ccc(OCc2ccc(Cl)s2)cc1. The van der Waals surface area contributed by atoms with Crippen LogP contribution in [0.4, 0.5) is 0 Å². The van der Waals surface area contributed by atoms with Gasteiger partial charge in [0.05, 0.1) is 4.34 Å². The lowest BCUT2D eigenvalue weighted by Gasteiger charge is -2.03. The quantitative estimate of drug-likeness (QED) is 0.774. The molecule has 1 aromatic heterocycles. The van der Waals surface area contributed by atoms with Crippen molar-refractivity contribution in [2.75, 3.05) is 0 Å². The molecule has 0 saturated heterocycles. The molecule has 0 N–H and O–H groups in total. The van der Waals surface area contributed by atoms with Gasteiger partial charge in [0.25, 0.3) is 0 Å². The Morgan fingerprint density at radius 3 is 2.50 bits per heavy atom. The minimum absolute atomic E-state index is 0.498. The molecule has 0 saturated carbocycles. The minimum Gasteiger partial charge on any atom is -0.488 e. The highest BCUT2D eigenvalue weighted by Gasteiger charge is 1.99. The molecule has 0 aliphatic carbocycles. The number of ether oxygens (including phenoxy) is 1. The molecule has 0 atom stereocenters. The van der Waals surface area contributed by atoms with Gasteiger partial charge in [-0.15, -0.1) is 11.3 Å². The van der Waals surface area contributed by atoms with E-state index in [1.165, 1.54) is 11.3 Å². The van der Waals surface area contributed by atoms with E-state index in [9.17, 15) is 4.79 Å². The zero-order valence-corrected chi connectivity index (χ0v) is 9.92. The molecule has 0 spiro atoms. The number of hydrogen-bond acceptors (Lipinski definition) is 3. The van der Waals surface area contributed by atoms with Gasteiger partial charge in [0.2, 0.25) is 0 Å². The Morgan fingerprint density at radius 1 is 1.19 bits per heavy atom. The Kier molecular flexibility index (Phi) is 3.59. The standard InChI is InChI=1S/C12H9ClO2S/c13-12-6-5-11(16-12)8-15-10-3-1-9(7-14)2-4-10/h1-7H,8H2. The number of benzene rings is 1. The van der Waals surface area contributed by atoms with Crippen LogP contribution in [0.2, 0.25) is 4.34 Å². The number of aldehydes is 1. The first-order valence-corrected chi connectivity index (χ1v) is 5.89. The summed E-state index contributed by atoms with van der Waals surface area (Å²) in [6.45, 7) is 0.498. The van der Waals surface area contributed by atoms with Crippen molar-refractivity contribution in [2.45, 2.75) is 6.61 Å². The summed E-state index contributed by atoms with van der Waals surface area (Å²) in [6, 6.07) is 10.8. The van der Waals surface area contributed by atoms with E-state index in [1.807, 2.05) is 12.1 Å². The van der Waals surface area contributed by atoms with Crippen LogP contribution in [0.1, 0.15) is 15.2 Å². The largest absolute Gasteiger partial charge is 0.488 e. The topological polar surface area (TPSA) is 26.3 Å². The van der Waals surface area contributed by atoms with Crippen LogP contribution >= 0.6 is 22.9 Å². The Hall–Kier alpha value is -1.32. The number of carbonyl (C=O) groups is 1. The number of hydrogen-bond donors (Lipinski definition) is 0. The van der Waals surface area contributed by atoms with Crippen molar-refractivity contribution < 1.29 is 9.53 Å². The Morgan fingerprint density at radius 2 is 1.94 bits per heavy atom. The fraction of sp³-hybridized carbons (Fsp3) is 0.0833. The third-order valence-corrected chi connectivity index (χ3v) is 3.23. The van der Waals surface area contributed by atoms with Crippen molar-refractivity contribution in [1.29, 1.82) is 0 Å². The van der Waals surface area contributed by atoms with Crippen LogP contribution in [-0.2, 0) is 6.61 Å².